The molecule has 0 bridgehead atoms. The van der Waals surface area contributed by atoms with Gasteiger partial charge in [0.05, 0.1) is 0 Å². The zero-order valence-corrected chi connectivity index (χ0v) is 11.1. The number of rotatable bonds is 4. The average molecular weight is 261 g/mol. The lowest BCUT2D eigenvalue weighted by Crippen LogP contribution is -2.03. The number of benzene rings is 2. The molecule has 3 rings (SSSR count). The molecule has 1 heterocycles. The first-order valence-corrected chi connectivity index (χ1v) is 6.54. The van der Waals surface area contributed by atoms with Crippen molar-refractivity contribution in [3.05, 3.63) is 84.5 Å². The number of para-hydroxylation sites is 1. The monoisotopic (exact) mass is 261 g/mol. The predicted molar refractivity (Wildman–Crippen MR) is 80.7 cm³/mol. The Bertz CT molecular complexity index is 700. The van der Waals surface area contributed by atoms with Crippen molar-refractivity contribution in [3.63, 3.8) is 0 Å². The van der Waals surface area contributed by atoms with Gasteiger partial charge in [0.2, 0.25) is 0 Å². The number of hydrogen-bond acceptors (Lipinski definition) is 2. The van der Waals surface area contributed by atoms with Gasteiger partial charge in [-0.15, -0.1) is 10.2 Å². The molecule has 98 valence electrons. The summed E-state index contributed by atoms with van der Waals surface area (Å²) in [4.78, 5) is 0. The second-order valence-corrected chi connectivity index (χ2v) is 4.51. The molecule has 0 saturated heterocycles. The zero-order chi connectivity index (χ0) is 13.8. The Labute approximate surface area is 118 Å². The Hall–Kier alpha value is -2.68. The van der Waals surface area contributed by atoms with Gasteiger partial charge in [-0.1, -0.05) is 55.1 Å². The molecule has 3 nitrogen and oxygen atoms in total. The third-order valence-corrected chi connectivity index (χ3v) is 3.16. The first-order valence-electron chi connectivity index (χ1n) is 6.54. The third-order valence-electron chi connectivity index (χ3n) is 3.16. The highest BCUT2D eigenvalue weighted by Gasteiger charge is 2.11. The summed E-state index contributed by atoms with van der Waals surface area (Å²) in [5.74, 6) is 1.68. The summed E-state index contributed by atoms with van der Waals surface area (Å²) in [6.45, 7) is 3.81. The topological polar surface area (TPSA) is 30.7 Å². The van der Waals surface area contributed by atoms with Crippen LogP contribution in [0.15, 0.2) is 67.2 Å². The van der Waals surface area contributed by atoms with Crippen LogP contribution in [-0.4, -0.2) is 14.8 Å². The summed E-state index contributed by atoms with van der Waals surface area (Å²) in [6.07, 6.45) is 2.48. The summed E-state index contributed by atoms with van der Waals surface area (Å²) in [5, 5.41) is 8.50. The minimum absolute atomic E-state index is 0.747. The van der Waals surface area contributed by atoms with Crippen LogP contribution in [0.3, 0.4) is 0 Å². The van der Waals surface area contributed by atoms with Gasteiger partial charge < -0.3 is 0 Å². The van der Waals surface area contributed by atoms with Crippen molar-refractivity contribution >= 4 is 6.08 Å². The van der Waals surface area contributed by atoms with Crippen LogP contribution in [0.2, 0.25) is 0 Å². The van der Waals surface area contributed by atoms with Gasteiger partial charge in [0, 0.05) is 12.1 Å². The molecule has 0 amide bonds. The fourth-order valence-electron chi connectivity index (χ4n) is 2.21. The summed E-state index contributed by atoms with van der Waals surface area (Å²) in [5.41, 5.74) is 2.27. The predicted octanol–water partition coefficient (Wildman–Crippen LogP) is 3.50. The molecule has 0 aliphatic carbocycles. The smallest absolute Gasteiger partial charge is 0.160 e. The number of aromatic nitrogens is 3. The van der Waals surface area contributed by atoms with Gasteiger partial charge in [-0.25, -0.2) is 0 Å². The van der Waals surface area contributed by atoms with Crippen molar-refractivity contribution < 1.29 is 0 Å². The molecule has 20 heavy (non-hydrogen) atoms. The first-order chi connectivity index (χ1) is 9.88. The Morgan fingerprint density at radius 3 is 2.20 bits per heavy atom. The van der Waals surface area contributed by atoms with E-state index >= 15 is 0 Å². The van der Waals surface area contributed by atoms with E-state index in [9.17, 15) is 0 Å². The fraction of sp³-hybridized carbons (Fsp3) is 0.0588. The van der Waals surface area contributed by atoms with E-state index in [0.717, 1.165) is 23.8 Å². The van der Waals surface area contributed by atoms with Crippen LogP contribution in [0.5, 0.6) is 0 Å². The molecule has 0 fully saturated rings. The summed E-state index contributed by atoms with van der Waals surface area (Å²) >= 11 is 0. The Kier molecular flexibility index (Phi) is 3.42. The van der Waals surface area contributed by atoms with Gasteiger partial charge in [0.25, 0.3) is 0 Å². The van der Waals surface area contributed by atoms with Crippen molar-refractivity contribution in [3.8, 4) is 5.69 Å². The summed E-state index contributed by atoms with van der Waals surface area (Å²) in [6, 6.07) is 20.4. The van der Waals surface area contributed by atoms with Crippen LogP contribution in [0.4, 0.5) is 0 Å². The maximum atomic E-state index is 4.30. The number of hydrogen-bond donors (Lipinski definition) is 0. The van der Waals surface area contributed by atoms with Crippen LogP contribution >= 0.6 is 0 Å². The Morgan fingerprint density at radius 2 is 1.55 bits per heavy atom. The third kappa shape index (κ3) is 2.38. The molecule has 2 aromatic carbocycles. The maximum Gasteiger partial charge on any atom is 0.160 e. The molecule has 0 unspecified atom stereocenters. The molecule has 3 heteroatoms. The SMILES string of the molecule is C=Cc1nnc(Cc2ccccc2)n1-c1ccccc1. The summed E-state index contributed by atoms with van der Waals surface area (Å²) < 4.78 is 2.04. The van der Waals surface area contributed by atoms with Crippen molar-refractivity contribution in [1.82, 2.24) is 14.8 Å². The lowest BCUT2D eigenvalue weighted by Gasteiger charge is -2.08. The molecule has 0 aliphatic rings. The minimum Gasteiger partial charge on any atom is -0.279 e. The molecular formula is C17H15N3. The molecular weight excluding hydrogens is 246 g/mol. The van der Waals surface area contributed by atoms with Crippen molar-refractivity contribution in [2.24, 2.45) is 0 Å². The van der Waals surface area contributed by atoms with Gasteiger partial charge in [0.15, 0.2) is 5.82 Å². The molecule has 3 aromatic rings. The van der Waals surface area contributed by atoms with Gasteiger partial charge in [0.1, 0.15) is 5.82 Å². The Balaban J connectivity index is 2.04. The number of nitrogens with zero attached hydrogens (tertiary/aromatic N) is 3. The second-order valence-electron chi connectivity index (χ2n) is 4.51. The van der Waals surface area contributed by atoms with Crippen molar-refractivity contribution in [2.75, 3.05) is 0 Å². The van der Waals surface area contributed by atoms with E-state index in [1.807, 2.05) is 53.1 Å². The Morgan fingerprint density at radius 1 is 0.900 bits per heavy atom. The average Bonchev–Trinajstić information content (AvgIpc) is 2.92. The van der Waals surface area contributed by atoms with Gasteiger partial charge in [-0.3, -0.25) is 4.57 Å². The molecule has 0 N–H and O–H groups in total. The highest BCUT2D eigenvalue weighted by atomic mass is 15.3. The lowest BCUT2D eigenvalue weighted by molar-refractivity contribution is 0.903. The van der Waals surface area contributed by atoms with Crippen LogP contribution in [-0.2, 0) is 6.42 Å². The van der Waals surface area contributed by atoms with Crippen molar-refractivity contribution in [2.45, 2.75) is 6.42 Å². The highest BCUT2D eigenvalue weighted by molar-refractivity contribution is 5.45. The molecule has 0 aliphatic heterocycles. The van der Waals surface area contributed by atoms with E-state index in [4.69, 9.17) is 0 Å². The van der Waals surface area contributed by atoms with Crippen LogP contribution in [0.1, 0.15) is 17.2 Å². The standard InChI is InChI=1S/C17H15N3/c1-2-16-18-19-17(13-14-9-5-3-6-10-14)20(16)15-11-7-4-8-12-15/h2-12H,1,13H2. The van der Waals surface area contributed by atoms with Crippen LogP contribution < -0.4 is 0 Å². The zero-order valence-electron chi connectivity index (χ0n) is 11.1. The highest BCUT2D eigenvalue weighted by Crippen LogP contribution is 2.16. The maximum absolute atomic E-state index is 4.30. The van der Waals surface area contributed by atoms with E-state index in [1.54, 1.807) is 6.08 Å². The van der Waals surface area contributed by atoms with E-state index in [0.29, 0.717) is 0 Å². The quantitative estimate of drug-likeness (QED) is 0.719. The van der Waals surface area contributed by atoms with Gasteiger partial charge in [-0.05, 0) is 23.8 Å². The normalized spacial score (nSPS) is 10.4. The van der Waals surface area contributed by atoms with Gasteiger partial charge >= 0.3 is 0 Å². The van der Waals surface area contributed by atoms with E-state index < -0.39 is 0 Å². The molecule has 1 aromatic heterocycles. The minimum atomic E-state index is 0.747. The lowest BCUT2D eigenvalue weighted by atomic mass is 10.1. The van der Waals surface area contributed by atoms with E-state index in [1.165, 1.54) is 5.56 Å². The van der Waals surface area contributed by atoms with Crippen LogP contribution in [0, 0.1) is 0 Å². The summed E-state index contributed by atoms with van der Waals surface area (Å²) in [7, 11) is 0. The fourth-order valence-corrected chi connectivity index (χ4v) is 2.21. The van der Waals surface area contributed by atoms with E-state index in [-0.39, 0.29) is 0 Å². The molecule has 0 saturated carbocycles. The van der Waals surface area contributed by atoms with Gasteiger partial charge in [-0.2, -0.15) is 0 Å². The van der Waals surface area contributed by atoms with Crippen molar-refractivity contribution in [1.29, 1.82) is 0 Å². The van der Waals surface area contributed by atoms with Crippen LogP contribution in [0.25, 0.3) is 11.8 Å². The van der Waals surface area contributed by atoms with E-state index in [2.05, 4.69) is 28.9 Å². The molecule has 0 spiro atoms. The largest absolute Gasteiger partial charge is 0.279 e. The first kappa shape index (κ1) is 12.4. The second kappa shape index (κ2) is 5.53. The molecule has 0 radical (unpaired) electrons. The molecule has 0 atom stereocenters.